The molecule has 1 aromatic carbocycles. The second kappa shape index (κ2) is 5.08. The maximum Gasteiger partial charge on any atom is 0.318 e. The zero-order valence-corrected chi connectivity index (χ0v) is 10.3. The standard InChI is InChI=1S/C13H15NO4/c1-17-9-5-3-8(4-6-9)10-7-14-12(15)11(10)13(16)18-2/h3-6,10-11H,7H2,1-2H3,(H,14,15)/t10?,11-/m0/s1. The number of carbonyl (C=O) groups is 2. The summed E-state index contributed by atoms with van der Waals surface area (Å²) in [4.78, 5) is 23.3. The molecular weight excluding hydrogens is 234 g/mol. The number of amides is 1. The van der Waals surface area contributed by atoms with Crippen LogP contribution in [0.1, 0.15) is 11.5 Å². The van der Waals surface area contributed by atoms with Gasteiger partial charge in [-0.05, 0) is 17.7 Å². The van der Waals surface area contributed by atoms with E-state index >= 15 is 0 Å². The van der Waals surface area contributed by atoms with E-state index < -0.39 is 11.9 Å². The first kappa shape index (κ1) is 12.4. The smallest absolute Gasteiger partial charge is 0.318 e. The number of esters is 1. The van der Waals surface area contributed by atoms with Crippen molar-refractivity contribution in [3.05, 3.63) is 29.8 Å². The van der Waals surface area contributed by atoms with Gasteiger partial charge in [-0.2, -0.15) is 0 Å². The quantitative estimate of drug-likeness (QED) is 0.632. The normalized spacial score (nSPS) is 22.4. The molecule has 5 heteroatoms. The highest BCUT2D eigenvalue weighted by Gasteiger charge is 2.41. The van der Waals surface area contributed by atoms with E-state index in [9.17, 15) is 9.59 Å². The number of ether oxygens (including phenoxy) is 2. The van der Waals surface area contributed by atoms with Gasteiger partial charge in [-0.3, -0.25) is 9.59 Å². The van der Waals surface area contributed by atoms with Gasteiger partial charge in [-0.1, -0.05) is 12.1 Å². The predicted octanol–water partition coefficient (Wildman–Crippen LogP) is 0.698. The van der Waals surface area contributed by atoms with E-state index in [1.54, 1.807) is 7.11 Å². The molecule has 1 amide bonds. The van der Waals surface area contributed by atoms with E-state index in [4.69, 9.17) is 4.74 Å². The molecule has 1 N–H and O–H groups in total. The summed E-state index contributed by atoms with van der Waals surface area (Å²) in [6.07, 6.45) is 0. The summed E-state index contributed by atoms with van der Waals surface area (Å²) < 4.78 is 9.75. The Hall–Kier alpha value is -2.04. The number of nitrogens with one attached hydrogen (secondary N) is 1. The van der Waals surface area contributed by atoms with Crippen LogP contribution in [0.25, 0.3) is 0 Å². The van der Waals surface area contributed by atoms with Crippen molar-refractivity contribution < 1.29 is 19.1 Å². The SMILES string of the molecule is COC(=O)[C@@H]1C(=O)NCC1c1ccc(OC)cc1. The molecule has 1 heterocycles. The van der Waals surface area contributed by atoms with Gasteiger partial charge in [0.2, 0.25) is 5.91 Å². The molecule has 0 aliphatic carbocycles. The van der Waals surface area contributed by atoms with Crippen LogP contribution in [0.3, 0.4) is 0 Å². The maximum atomic E-state index is 11.6. The fraction of sp³-hybridized carbons (Fsp3) is 0.385. The van der Waals surface area contributed by atoms with Crippen LogP contribution >= 0.6 is 0 Å². The molecule has 18 heavy (non-hydrogen) atoms. The zero-order valence-electron chi connectivity index (χ0n) is 10.3. The summed E-state index contributed by atoms with van der Waals surface area (Å²) in [7, 11) is 2.88. The lowest BCUT2D eigenvalue weighted by molar-refractivity contribution is -0.149. The van der Waals surface area contributed by atoms with Gasteiger partial charge in [0.05, 0.1) is 14.2 Å². The molecular formula is C13H15NO4. The summed E-state index contributed by atoms with van der Waals surface area (Å²) in [6.45, 7) is 0.449. The van der Waals surface area contributed by atoms with Crippen LogP contribution in [-0.2, 0) is 14.3 Å². The van der Waals surface area contributed by atoms with Crippen molar-refractivity contribution in [2.45, 2.75) is 5.92 Å². The fourth-order valence-corrected chi connectivity index (χ4v) is 2.18. The first-order valence-electron chi connectivity index (χ1n) is 5.67. The van der Waals surface area contributed by atoms with E-state index in [1.165, 1.54) is 7.11 Å². The van der Waals surface area contributed by atoms with E-state index in [0.29, 0.717) is 6.54 Å². The highest BCUT2D eigenvalue weighted by Crippen LogP contribution is 2.30. The highest BCUT2D eigenvalue weighted by molar-refractivity contribution is 6.00. The molecule has 1 aromatic rings. The first-order valence-corrected chi connectivity index (χ1v) is 5.67. The van der Waals surface area contributed by atoms with Crippen LogP contribution < -0.4 is 10.1 Å². The molecule has 1 saturated heterocycles. The number of carbonyl (C=O) groups excluding carboxylic acids is 2. The minimum atomic E-state index is -0.761. The molecule has 2 rings (SSSR count). The average Bonchev–Trinajstić information content (AvgIpc) is 2.80. The molecule has 0 saturated carbocycles. The summed E-state index contributed by atoms with van der Waals surface area (Å²) in [5, 5.41) is 2.69. The van der Waals surface area contributed by atoms with Crippen LogP contribution in [-0.4, -0.2) is 32.6 Å². The molecule has 0 radical (unpaired) electrons. The third-order valence-electron chi connectivity index (χ3n) is 3.18. The number of benzene rings is 1. The van der Waals surface area contributed by atoms with Gasteiger partial charge in [0.15, 0.2) is 0 Å². The molecule has 0 bridgehead atoms. The van der Waals surface area contributed by atoms with Gasteiger partial charge in [0, 0.05) is 12.5 Å². The minimum Gasteiger partial charge on any atom is -0.497 e. The van der Waals surface area contributed by atoms with E-state index in [1.807, 2.05) is 24.3 Å². The molecule has 0 aromatic heterocycles. The van der Waals surface area contributed by atoms with Crippen LogP contribution in [0.5, 0.6) is 5.75 Å². The zero-order chi connectivity index (χ0) is 13.1. The van der Waals surface area contributed by atoms with Crippen molar-refractivity contribution in [3.63, 3.8) is 0 Å². The van der Waals surface area contributed by atoms with Gasteiger partial charge in [0.1, 0.15) is 11.7 Å². The number of methoxy groups -OCH3 is 2. The van der Waals surface area contributed by atoms with Gasteiger partial charge >= 0.3 is 5.97 Å². The number of hydrogen-bond donors (Lipinski definition) is 1. The van der Waals surface area contributed by atoms with Crippen LogP contribution in [0.2, 0.25) is 0 Å². The number of rotatable bonds is 3. The number of hydrogen-bond acceptors (Lipinski definition) is 4. The summed E-state index contributed by atoms with van der Waals surface area (Å²) in [6, 6.07) is 7.35. The predicted molar refractivity (Wildman–Crippen MR) is 64.3 cm³/mol. The first-order chi connectivity index (χ1) is 8.67. The van der Waals surface area contributed by atoms with Gasteiger partial charge in [0.25, 0.3) is 0 Å². The molecule has 1 aliphatic rings. The van der Waals surface area contributed by atoms with Crippen molar-refractivity contribution in [3.8, 4) is 5.75 Å². The summed E-state index contributed by atoms with van der Waals surface area (Å²) >= 11 is 0. The molecule has 2 atom stereocenters. The van der Waals surface area contributed by atoms with Gasteiger partial charge < -0.3 is 14.8 Å². The van der Waals surface area contributed by atoms with Crippen molar-refractivity contribution in [2.75, 3.05) is 20.8 Å². The Morgan fingerprint density at radius 3 is 2.50 bits per heavy atom. The molecule has 1 fully saturated rings. The molecule has 96 valence electrons. The van der Waals surface area contributed by atoms with E-state index in [2.05, 4.69) is 10.1 Å². The van der Waals surface area contributed by atoms with Gasteiger partial charge in [-0.15, -0.1) is 0 Å². The Morgan fingerprint density at radius 1 is 1.28 bits per heavy atom. The Labute approximate surface area is 105 Å². The van der Waals surface area contributed by atoms with E-state index in [-0.39, 0.29) is 11.8 Å². The second-order valence-corrected chi connectivity index (χ2v) is 4.13. The topological polar surface area (TPSA) is 64.6 Å². The average molecular weight is 249 g/mol. The lowest BCUT2D eigenvalue weighted by Crippen LogP contribution is -2.28. The maximum absolute atomic E-state index is 11.6. The van der Waals surface area contributed by atoms with Crippen molar-refractivity contribution >= 4 is 11.9 Å². The molecule has 1 unspecified atom stereocenters. The summed E-state index contributed by atoms with van der Waals surface area (Å²) in [5.41, 5.74) is 0.921. The monoisotopic (exact) mass is 249 g/mol. The van der Waals surface area contributed by atoms with Crippen molar-refractivity contribution in [1.82, 2.24) is 5.32 Å². The Balaban J connectivity index is 2.25. The molecule has 5 nitrogen and oxygen atoms in total. The van der Waals surface area contributed by atoms with E-state index in [0.717, 1.165) is 11.3 Å². The highest BCUT2D eigenvalue weighted by atomic mass is 16.5. The van der Waals surface area contributed by atoms with Gasteiger partial charge in [-0.25, -0.2) is 0 Å². The molecule has 0 spiro atoms. The molecule has 1 aliphatic heterocycles. The largest absolute Gasteiger partial charge is 0.497 e. The lowest BCUT2D eigenvalue weighted by atomic mass is 9.88. The second-order valence-electron chi connectivity index (χ2n) is 4.13. The van der Waals surface area contributed by atoms with Crippen molar-refractivity contribution in [1.29, 1.82) is 0 Å². The Morgan fingerprint density at radius 2 is 1.94 bits per heavy atom. The summed E-state index contributed by atoms with van der Waals surface area (Å²) in [5.74, 6) is -0.974. The Bertz CT molecular complexity index is 455. The minimum absolute atomic E-state index is 0.184. The Kier molecular flexibility index (Phi) is 3.50. The fourth-order valence-electron chi connectivity index (χ4n) is 2.18. The third-order valence-corrected chi connectivity index (χ3v) is 3.18. The third kappa shape index (κ3) is 2.16. The van der Waals surface area contributed by atoms with Crippen LogP contribution in [0.4, 0.5) is 0 Å². The van der Waals surface area contributed by atoms with Crippen molar-refractivity contribution in [2.24, 2.45) is 5.92 Å². The van der Waals surface area contributed by atoms with Crippen LogP contribution in [0.15, 0.2) is 24.3 Å². The van der Waals surface area contributed by atoms with Crippen LogP contribution in [0, 0.1) is 5.92 Å². The lowest BCUT2D eigenvalue weighted by Gasteiger charge is -2.15.